The van der Waals surface area contributed by atoms with Gasteiger partial charge in [-0.05, 0) is 47.0 Å². The Balaban J connectivity index is 2.19. The molecule has 5 heteroatoms. The highest BCUT2D eigenvalue weighted by Crippen LogP contribution is 2.36. The van der Waals surface area contributed by atoms with Crippen molar-refractivity contribution in [2.24, 2.45) is 0 Å². The molecule has 1 fully saturated rings. The SMILES string of the molecule is CC(=O)OCCCC/C=C/B1OC(C)(C)C(C)(C)O1. The van der Waals surface area contributed by atoms with Gasteiger partial charge in [-0.15, -0.1) is 0 Å². The quantitative estimate of drug-likeness (QED) is 0.422. The van der Waals surface area contributed by atoms with E-state index in [0.29, 0.717) is 6.61 Å². The molecule has 0 bridgehead atoms. The smallest absolute Gasteiger partial charge is 0.466 e. The minimum absolute atomic E-state index is 0.215. The van der Waals surface area contributed by atoms with Crippen molar-refractivity contribution in [2.75, 3.05) is 6.61 Å². The summed E-state index contributed by atoms with van der Waals surface area (Å²) in [5.41, 5.74) is -0.561. The molecule has 1 aliphatic rings. The summed E-state index contributed by atoms with van der Waals surface area (Å²) in [6, 6.07) is 0. The fourth-order valence-corrected chi connectivity index (χ4v) is 1.75. The first-order valence-electron chi connectivity index (χ1n) is 6.90. The number of ether oxygens (including phenoxy) is 1. The molecular weight excluding hydrogens is 243 g/mol. The molecule has 0 atom stereocenters. The van der Waals surface area contributed by atoms with Gasteiger partial charge in [0.05, 0.1) is 17.8 Å². The van der Waals surface area contributed by atoms with Crippen LogP contribution >= 0.6 is 0 Å². The van der Waals surface area contributed by atoms with Gasteiger partial charge in [0.2, 0.25) is 0 Å². The van der Waals surface area contributed by atoms with E-state index in [9.17, 15) is 4.79 Å². The van der Waals surface area contributed by atoms with E-state index in [-0.39, 0.29) is 24.3 Å². The van der Waals surface area contributed by atoms with Gasteiger partial charge in [0.15, 0.2) is 0 Å². The van der Waals surface area contributed by atoms with Crippen molar-refractivity contribution in [3.8, 4) is 0 Å². The van der Waals surface area contributed by atoms with E-state index in [1.807, 2.05) is 33.7 Å². The van der Waals surface area contributed by atoms with E-state index >= 15 is 0 Å². The highest BCUT2D eigenvalue weighted by molar-refractivity contribution is 6.51. The Hall–Kier alpha value is -0.805. The van der Waals surface area contributed by atoms with Crippen molar-refractivity contribution in [1.29, 1.82) is 0 Å². The number of hydrogen-bond acceptors (Lipinski definition) is 4. The topological polar surface area (TPSA) is 44.8 Å². The third kappa shape index (κ3) is 4.99. The van der Waals surface area contributed by atoms with Gasteiger partial charge < -0.3 is 14.0 Å². The van der Waals surface area contributed by atoms with Gasteiger partial charge >= 0.3 is 13.1 Å². The Morgan fingerprint density at radius 1 is 1.16 bits per heavy atom. The van der Waals surface area contributed by atoms with Crippen LogP contribution in [0.1, 0.15) is 53.9 Å². The Labute approximate surface area is 116 Å². The number of rotatable bonds is 6. The van der Waals surface area contributed by atoms with E-state index in [1.165, 1.54) is 6.92 Å². The van der Waals surface area contributed by atoms with Crippen LogP contribution < -0.4 is 0 Å². The molecule has 0 aromatic carbocycles. The summed E-state index contributed by atoms with van der Waals surface area (Å²) >= 11 is 0. The standard InChI is InChI=1S/C14H25BO4/c1-12(16)17-11-9-7-6-8-10-15-18-13(2,3)14(4,5)19-15/h8,10H,6-7,9,11H2,1-5H3/b10-8+. The normalized spacial score (nSPS) is 21.0. The lowest BCUT2D eigenvalue weighted by Gasteiger charge is -2.32. The Bertz CT molecular complexity index is 320. The van der Waals surface area contributed by atoms with Crippen LogP contribution in [0.25, 0.3) is 0 Å². The molecule has 0 saturated carbocycles. The van der Waals surface area contributed by atoms with Gasteiger partial charge in [0, 0.05) is 6.92 Å². The maximum atomic E-state index is 10.6. The molecule has 1 aliphatic heterocycles. The van der Waals surface area contributed by atoms with E-state index in [0.717, 1.165) is 19.3 Å². The number of carbonyl (C=O) groups is 1. The Kier molecular flexibility index (Phi) is 5.62. The zero-order chi connectivity index (χ0) is 14.5. The number of unbranched alkanes of at least 4 members (excludes halogenated alkanes) is 2. The van der Waals surface area contributed by atoms with E-state index in [2.05, 4.69) is 6.08 Å². The molecule has 0 N–H and O–H groups in total. The predicted molar refractivity (Wildman–Crippen MR) is 75.7 cm³/mol. The molecule has 1 heterocycles. The van der Waals surface area contributed by atoms with Crippen molar-refractivity contribution < 1.29 is 18.8 Å². The van der Waals surface area contributed by atoms with Crippen LogP contribution in [0, 0.1) is 0 Å². The summed E-state index contributed by atoms with van der Waals surface area (Å²) in [5, 5.41) is 0. The largest absolute Gasteiger partial charge is 0.486 e. The lowest BCUT2D eigenvalue weighted by atomic mass is 9.89. The van der Waals surface area contributed by atoms with Crippen molar-refractivity contribution in [3.63, 3.8) is 0 Å². The first-order chi connectivity index (χ1) is 8.74. The lowest BCUT2D eigenvalue weighted by Crippen LogP contribution is -2.41. The van der Waals surface area contributed by atoms with Crippen LogP contribution in [-0.4, -0.2) is 30.9 Å². The molecule has 19 heavy (non-hydrogen) atoms. The number of esters is 1. The number of hydrogen-bond donors (Lipinski definition) is 0. The third-order valence-electron chi connectivity index (χ3n) is 3.64. The van der Waals surface area contributed by atoms with E-state index in [1.54, 1.807) is 0 Å². The van der Waals surface area contributed by atoms with Gasteiger partial charge in [-0.25, -0.2) is 0 Å². The minimum Gasteiger partial charge on any atom is -0.466 e. The summed E-state index contributed by atoms with van der Waals surface area (Å²) in [4.78, 5) is 10.6. The zero-order valence-electron chi connectivity index (χ0n) is 12.7. The van der Waals surface area contributed by atoms with Crippen LogP contribution in [0.15, 0.2) is 12.1 Å². The average Bonchev–Trinajstić information content (AvgIpc) is 2.45. The molecule has 1 rings (SSSR count). The molecule has 108 valence electrons. The van der Waals surface area contributed by atoms with E-state index < -0.39 is 0 Å². The molecule has 0 aliphatic carbocycles. The number of allylic oxidation sites excluding steroid dienone is 1. The summed E-state index contributed by atoms with van der Waals surface area (Å²) < 4.78 is 16.6. The Morgan fingerprint density at radius 3 is 2.26 bits per heavy atom. The van der Waals surface area contributed by atoms with Gasteiger partial charge in [0.1, 0.15) is 0 Å². The predicted octanol–water partition coefficient (Wildman–Crippen LogP) is 2.91. The molecular formula is C14H25BO4. The maximum absolute atomic E-state index is 10.6. The molecule has 0 amide bonds. The molecule has 0 radical (unpaired) electrons. The highest BCUT2D eigenvalue weighted by atomic mass is 16.7. The van der Waals surface area contributed by atoms with Crippen molar-refractivity contribution in [3.05, 3.63) is 12.1 Å². The van der Waals surface area contributed by atoms with Crippen LogP contribution in [0.4, 0.5) is 0 Å². The monoisotopic (exact) mass is 268 g/mol. The highest BCUT2D eigenvalue weighted by Gasteiger charge is 2.49. The molecule has 0 unspecified atom stereocenters. The fourth-order valence-electron chi connectivity index (χ4n) is 1.75. The van der Waals surface area contributed by atoms with Crippen molar-refractivity contribution >= 4 is 13.1 Å². The Morgan fingerprint density at radius 2 is 1.74 bits per heavy atom. The third-order valence-corrected chi connectivity index (χ3v) is 3.64. The number of carbonyl (C=O) groups excluding carboxylic acids is 1. The van der Waals surface area contributed by atoms with Crippen LogP contribution in [0.3, 0.4) is 0 Å². The first-order valence-corrected chi connectivity index (χ1v) is 6.90. The zero-order valence-corrected chi connectivity index (χ0v) is 12.7. The second kappa shape index (κ2) is 6.57. The van der Waals surface area contributed by atoms with Crippen LogP contribution in [-0.2, 0) is 18.8 Å². The minimum atomic E-state index is -0.280. The van der Waals surface area contributed by atoms with Crippen LogP contribution in [0.2, 0.25) is 0 Å². The summed E-state index contributed by atoms with van der Waals surface area (Å²) in [6.45, 7) is 10.1. The van der Waals surface area contributed by atoms with E-state index in [4.69, 9.17) is 14.0 Å². The van der Waals surface area contributed by atoms with Gasteiger partial charge in [0.25, 0.3) is 0 Å². The van der Waals surface area contributed by atoms with Crippen LogP contribution in [0.5, 0.6) is 0 Å². The fraction of sp³-hybridized carbons (Fsp3) is 0.786. The maximum Gasteiger partial charge on any atom is 0.486 e. The second-order valence-corrected chi connectivity index (χ2v) is 5.89. The summed E-state index contributed by atoms with van der Waals surface area (Å²) in [7, 11) is -0.265. The second-order valence-electron chi connectivity index (χ2n) is 5.89. The molecule has 4 nitrogen and oxygen atoms in total. The first kappa shape index (κ1) is 16.2. The molecule has 0 spiro atoms. The summed E-state index contributed by atoms with van der Waals surface area (Å²) in [6.07, 6.45) is 4.87. The average molecular weight is 268 g/mol. The van der Waals surface area contributed by atoms with Crippen molar-refractivity contribution in [2.45, 2.75) is 65.1 Å². The lowest BCUT2D eigenvalue weighted by molar-refractivity contribution is -0.141. The molecule has 0 aromatic rings. The van der Waals surface area contributed by atoms with Gasteiger partial charge in [-0.1, -0.05) is 12.1 Å². The van der Waals surface area contributed by atoms with Gasteiger partial charge in [-0.3, -0.25) is 4.79 Å². The van der Waals surface area contributed by atoms with Gasteiger partial charge in [-0.2, -0.15) is 0 Å². The molecule has 0 aromatic heterocycles. The molecule has 1 saturated heterocycles. The van der Waals surface area contributed by atoms with Crippen molar-refractivity contribution in [1.82, 2.24) is 0 Å². The summed E-state index contributed by atoms with van der Waals surface area (Å²) in [5.74, 6) is 1.75.